The Balaban J connectivity index is 2.56. The Morgan fingerprint density at radius 3 is 2.81 bits per heavy atom. The lowest BCUT2D eigenvalue weighted by Crippen LogP contribution is -2.20. The molecule has 0 fully saturated rings. The summed E-state index contributed by atoms with van der Waals surface area (Å²) in [6.45, 7) is 3.68. The van der Waals surface area contributed by atoms with Crippen molar-refractivity contribution in [2.24, 2.45) is 0 Å². The molecular formula is C11H14ClNO3. The van der Waals surface area contributed by atoms with Gasteiger partial charge in [0, 0.05) is 6.07 Å². The molecule has 0 aliphatic carbocycles. The molecule has 0 heterocycles. The summed E-state index contributed by atoms with van der Waals surface area (Å²) in [4.78, 5) is 11.4. The van der Waals surface area contributed by atoms with Crippen LogP contribution in [0.3, 0.4) is 0 Å². The summed E-state index contributed by atoms with van der Waals surface area (Å²) in [6, 6.07) is 4.34. The fourth-order valence-corrected chi connectivity index (χ4v) is 1.26. The maximum Gasteiger partial charge on any atom is 0.250 e. The Morgan fingerprint density at radius 2 is 2.25 bits per heavy atom. The van der Waals surface area contributed by atoms with E-state index in [4.69, 9.17) is 21.4 Å². The molecule has 16 heavy (non-hydrogen) atoms. The summed E-state index contributed by atoms with van der Waals surface area (Å²) in [7, 11) is 0. The Bertz CT molecular complexity index is 379. The van der Waals surface area contributed by atoms with Crippen LogP contribution >= 0.6 is 11.6 Å². The average molecular weight is 244 g/mol. The van der Waals surface area contributed by atoms with Crippen molar-refractivity contribution >= 4 is 23.2 Å². The van der Waals surface area contributed by atoms with E-state index >= 15 is 0 Å². The van der Waals surface area contributed by atoms with Gasteiger partial charge in [-0.1, -0.05) is 11.6 Å². The standard InChI is InChI=1S/C11H14ClNO3/c1-7(2)16-6-11(15)13-10-4-3-8(14)5-9(10)12/h3-5,7,14H,6H2,1-2H3,(H,13,15). The lowest BCUT2D eigenvalue weighted by atomic mass is 10.3. The van der Waals surface area contributed by atoms with E-state index in [2.05, 4.69) is 5.32 Å². The minimum atomic E-state index is -0.277. The van der Waals surface area contributed by atoms with Crippen LogP contribution in [0, 0.1) is 0 Å². The molecule has 2 N–H and O–H groups in total. The molecule has 0 aliphatic rings. The van der Waals surface area contributed by atoms with Gasteiger partial charge in [0.2, 0.25) is 5.91 Å². The predicted molar refractivity (Wildman–Crippen MR) is 62.8 cm³/mol. The quantitative estimate of drug-likeness (QED) is 0.799. The van der Waals surface area contributed by atoms with Gasteiger partial charge < -0.3 is 15.2 Å². The first-order valence-corrected chi connectivity index (χ1v) is 5.27. The third-order valence-corrected chi connectivity index (χ3v) is 2.09. The molecule has 0 saturated carbocycles. The van der Waals surface area contributed by atoms with Crippen LogP contribution in [-0.4, -0.2) is 23.7 Å². The first kappa shape index (κ1) is 12.8. The number of benzene rings is 1. The zero-order valence-corrected chi connectivity index (χ0v) is 9.91. The van der Waals surface area contributed by atoms with Crippen LogP contribution < -0.4 is 5.32 Å². The molecule has 1 rings (SSSR count). The number of phenols is 1. The van der Waals surface area contributed by atoms with Gasteiger partial charge in [0.05, 0.1) is 16.8 Å². The Labute approximate surface area is 99.2 Å². The Morgan fingerprint density at radius 1 is 1.56 bits per heavy atom. The smallest absolute Gasteiger partial charge is 0.250 e. The number of halogens is 1. The van der Waals surface area contributed by atoms with Gasteiger partial charge in [-0.05, 0) is 26.0 Å². The van der Waals surface area contributed by atoms with E-state index in [-0.39, 0.29) is 29.4 Å². The van der Waals surface area contributed by atoms with Crippen molar-refractivity contribution in [3.63, 3.8) is 0 Å². The van der Waals surface area contributed by atoms with Gasteiger partial charge in [0.15, 0.2) is 0 Å². The van der Waals surface area contributed by atoms with E-state index in [0.29, 0.717) is 5.69 Å². The highest BCUT2D eigenvalue weighted by Gasteiger charge is 2.07. The number of amides is 1. The summed E-state index contributed by atoms with van der Waals surface area (Å²) in [5, 5.41) is 12.0. The van der Waals surface area contributed by atoms with Crippen LogP contribution in [0.5, 0.6) is 5.75 Å². The van der Waals surface area contributed by atoms with Gasteiger partial charge in [0.1, 0.15) is 12.4 Å². The van der Waals surface area contributed by atoms with E-state index < -0.39 is 0 Å². The van der Waals surface area contributed by atoms with Crippen LogP contribution in [0.1, 0.15) is 13.8 Å². The van der Waals surface area contributed by atoms with Crippen molar-refractivity contribution in [1.82, 2.24) is 0 Å². The van der Waals surface area contributed by atoms with Crippen molar-refractivity contribution in [3.05, 3.63) is 23.2 Å². The van der Waals surface area contributed by atoms with Crippen LogP contribution in [0.4, 0.5) is 5.69 Å². The zero-order chi connectivity index (χ0) is 12.1. The van der Waals surface area contributed by atoms with E-state index in [1.165, 1.54) is 18.2 Å². The molecule has 0 radical (unpaired) electrons. The summed E-state index contributed by atoms with van der Waals surface area (Å²) in [5.74, 6) is -0.220. The Hall–Kier alpha value is -1.26. The van der Waals surface area contributed by atoms with Crippen LogP contribution in [0.25, 0.3) is 0 Å². The first-order valence-electron chi connectivity index (χ1n) is 4.89. The van der Waals surface area contributed by atoms with Gasteiger partial charge in [-0.25, -0.2) is 0 Å². The van der Waals surface area contributed by atoms with Gasteiger partial charge in [-0.15, -0.1) is 0 Å². The molecule has 4 nitrogen and oxygen atoms in total. The second-order valence-corrected chi connectivity index (χ2v) is 3.98. The summed E-state index contributed by atoms with van der Waals surface area (Å²) >= 11 is 5.82. The molecule has 1 aromatic carbocycles. The number of carbonyl (C=O) groups excluding carboxylic acids is 1. The van der Waals surface area contributed by atoms with Crippen molar-refractivity contribution < 1.29 is 14.6 Å². The molecular weight excluding hydrogens is 230 g/mol. The number of rotatable bonds is 4. The maximum atomic E-state index is 11.4. The number of aromatic hydroxyl groups is 1. The molecule has 88 valence electrons. The number of nitrogens with one attached hydrogen (secondary N) is 1. The topological polar surface area (TPSA) is 58.6 Å². The van der Waals surface area contributed by atoms with Gasteiger partial charge >= 0.3 is 0 Å². The van der Waals surface area contributed by atoms with Gasteiger partial charge in [0.25, 0.3) is 0 Å². The van der Waals surface area contributed by atoms with E-state index in [1.54, 1.807) is 0 Å². The highest BCUT2D eigenvalue weighted by Crippen LogP contribution is 2.25. The minimum Gasteiger partial charge on any atom is -0.508 e. The molecule has 1 amide bonds. The van der Waals surface area contributed by atoms with Crippen molar-refractivity contribution in [2.75, 3.05) is 11.9 Å². The first-order chi connectivity index (χ1) is 7.49. The third kappa shape index (κ3) is 4.08. The highest BCUT2D eigenvalue weighted by molar-refractivity contribution is 6.33. The van der Waals surface area contributed by atoms with Crippen LogP contribution in [-0.2, 0) is 9.53 Å². The van der Waals surface area contributed by atoms with Gasteiger partial charge in [-0.2, -0.15) is 0 Å². The number of anilines is 1. The SMILES string of the molecule is CC(C)OCC(=O)Nc1ccc(O)cc1Cl. The number of hydrogen-bond donors (Lipinski definition) is 2. The fraction of sp³-hybridized carbons (Fsp3) is 0.364. The average Bonchev–Trinajstić information content (AvgIpc) is 2.19. The van der Waals surface area contributed by atoms with Crippen molar-refractivity contribution in [3.8, 4) is 5.75 Å². The molecule has 0 atom stereocenters. The number of hydrogen-bond acceptors (Lipinski definition) is 3. The molecule has 0 aromatic heterocycles. The number of carbonyl (C=O) groups is 1. The second-order valence-electron chi connectivity index (χ2n) is 3.57. The van der Waals surface area contributed by atoms with E-state index in [0.717, 1.165) is 0 Å². The second kappa shape index (κ2) is 5.72. The fourth-order valence-electron chi connectivity index (χ4n) is 1.03. The molecule has 0 aliphatic heterocycles. The molecule has 0 unspecified atom stereocenters. The molecule has 1 aromatic rings. The Kier molecular flexibility index (Phi) is 4.58. The summed E-state index contributed by atoms with van der Waals surface area (Å²) in [6.07, 6.45) is 0.000963. The summed E-state index contributed by atoms with van der Waals surface area (Å²) in [5.41, 5.74) is 0.455. The van der Waals surface area contributed by atoms with Crippen LogP contribution in [0.2, 0.25) is 5.02 Å². The molecule has 5 heteroatoms. The molecule has 0 bridgehead atoms. The number of phenolic OH excluding ortho intramolecular Hbond substituents is 1. The summed E-state index contributed by atoms with van der Waals surface area (Å²) < 4.78 is 5.13. The van der Waals surface area contributed by atoms with Crippen molar-refractivity contribution in [1.29, 1.82) is 0 Å². The zero-order valence-electron chi connectivity index (χ0n) is 9.16. The maximum absolute atomic E-state index is 11.4. The largest absolute Gasteiger partial charge is 0.508 e. The normalized spacial score (nSPS) is 10.5. The third-order valence-electron chi connectivity index (χ3n) is 1.77. The molecule has 0 spiro atoms. The minimum absolute atomic E-state index is 0.000963. The van der Waals surface area contributed by atoms with E-state index in [9.17, 15) is 4.79 Å². The highest BCUT2D eigenvalue weighted by atomic mass is 35.5. The lowest BCUT2D eigenvalue weighted by Gasteiger charge is -2.09. The van der Waals surface area contributed by atoms with E-state index in [1.807, 2.05) is 13.8 Å². The lowest BCUT2D eigenvalue weighted by molar-refractivity contribution is -0.121. The number of ether oxygens (including phenoxy) is 1. The predicted octanol–water partition coefficient (Wildman–Crippen LogP) is 2.41. The molecule has 0 saturated heterocycles. The monoisotopic (exact) mass is 243 g/mol. The van der Waals surface area contributed by atoms with Crippen molar-refractivity contribution in [2.45, 2.75) is 20.0 Å². The van der Waals surface area contributed by atoms with Gasteiger partial charge in [-0.3, -0.25) is 4.79 Å². The van der Waals surface area contributed by atoms with Crippen LogP contribution in [0.15, 0.2) is 18.2 Å².